The van der Waals surface area contributed by atoms with Crippen LogP contribution in [-0.4, -0.2) is 41.1 Å². The summed E-state index contributed by atoms with van der Waals surface area (Å²) >= 11 is 0. The second-order valence-electron chi connectivity index (χ2n) is 11.1. The van der Waals surface area contributed by atoms with Gasteiger partial charge in [-0.05, 0) is 91.4 Å². The Morgan fingerprint density at radius 3 is 2.33 bits per heavy atom. The molecular weight excluding hydrogens is 508 g/mol. The molecule has 1 aliphatic carbocycles. The molecule has 2 heterocycles. The molecule has 0 bridgehead atoms. The predicted octanol–water partition coefficient (Wildman–Crippen LogP) is 5.40. The lowest BCUT2D eigenvalue weighted by atomic mass is 9.80. The lowest BCUT2D eigenvalue weighted by Crippen LogP contribution is -2.41. The van der Waals surface area contributed by atoms with Crippen molar-refractivity contribution in [2.24, 2.45) is 0 Å². The van der Waals surface area contributed by atoms with Crippen molar-refractivity contribution in [3.63, 3.8) is 0 Å². The van der Waals surface area contributed by atoms with Gasteiger partial charge in [0.1, 0.15) is 0 Å². The molecule has 3 aliphatic rings. The molecule has 3 aromatic rings. The number of urea groups is 1. The highest BCUT2D eigenvalue weighted by Crippen LogP contribution is 2.51. The maximum atomic E-state index is 13.4. The molecule has 204 valence electrons. The maximum Gasteiger partial charge on any atom is 0.322 e. The van der Waals surface area contributed by atoms with E-state index in [0.29, 0.717) is 13.1 Å². The largest absolute Gasteiger partial charge is 0.372 e. The van der Waals surface area contributed by atoms with Gasteiger partial charge in [0, 0.05) is 43.0 Å². The zero-order valence-corrected chi connectivity index (χ0v) is 23.3. The monoisotopic (exact) mass is 544 g/mol. The maximum absolute atomic E-state index is 13.4. The quantitative estimate of drug-likeness (QED) is 0.435. The Morgan fingerprint density at radius 1 is 0.897 bits per heavy atom. The first kappa shape index (κ1) is 25.9. The van der Waals surface area contributed by atoms with Crippen molar-refractivity contribution >= 4 is 27.4 Å². The molecule has 39 heavy (non-hydrogen) atoms. The Bertz CT molecular complexity index is 1470. The van der Waals surface area contributed by atoms with E-state index < -0.39 is 10.0 Å². The van der Waals surface area contributed by atoms with Gasteiger partial charge in [-0.1, -0.05) is 43.2 Å². The van der Waals surface area contributed by atoms with Crippen LogP contribution in [0.2, 0.25) is 0 Å². The SMILES string of the molecule is CNS(=O)(=O)c1ccc(CNC(=O)N2CC3(CCCC3)c3cc(-c4cccc(N5CCCC5)c4)ccc32)cc1. The van der Waals surface area contributed by atoms with E-state index >= 15 is 0 Å². The third-order valence-electron chi connectivity index (χ3n) is 8.72. The lowest BCUT2D eigenvalue weighted by Gasteiger charge is -2.25. The zero-order chi connectivity index (χ0) is 27.0. The molecule has 1 saturated carbocycles. The fourth-order valence-corrected chi connectivity index (χ4v) is 7.27. The number of amides is 2. The highest BCUT2D eigenvalue weighted by Gasteiger charge is 2.46. The standard InChI is InChI=1S/C31H36N4O3S/c1-32-39(37,38)27-12-9-23(10-13-27)21-33-30(36)35-22-31(15-2-3-16-31)28-20-25(11-14-29(28)35)24-7-6-8-26(19-24)34-17-4-5-18-34/h6-14,19-20,32H,2-5,15-18,21-22H2,1H3,(H,33,36). The molecule has 3 aromatic carbocycles. The van der Waals surface area contributed by atoms with Gasteiger partial charge in [0.05, 0.1) is 4.90 Å². The average Bonchev–Trinajstić information content (AvgIpc) is 3.74. The van der Waals surface area contributed by atoms with Crippen LogP contribution in [0.25, 0.3) is 11.1 Å². The van der Waals surface area contributed by atoms with E-state index in [9.17, 15) is 13.2 Å². The highest BCUT2D eigenvalue weighted by atomic mass is 32.2. The van der Waals surface area contributed by atoms with Crippen molar-refractivity contribution in [3.8, 4) is 11.1 Å². The Hall–Kier alpha value is -3.36. The number of carbonyl (C=O) groups excluding carboxylic acids is 1. The molecule has 2 fully saturated rings. The van der Waals surface area contributed by atoms with E-state index in [4.69, 9.17) is 0 Å². The van der Waals surface area contributed by atoms with Gasteiger partial charge in [-0.3, -0.25) is 4.90 Å². The number of carbonyl (C=O) groups is 1. The summed E-state index contributed by atoms with van der Waals surface area (Å²) in [7, 11) is -2.09. The summed E-state index contributed by atoms with van der Waals surface area (Å²) in [6.07, 6.45) is 7.09. The van der Waals surface area contributed by atoms with Crippen molar-refractivity contribution in [2.45, 2.75) is 55.4 Å². The third-order valence-corrected chi connectivity index (χ3v) is 10.2. The Morgan fingerprint density at radius 2 is 1.62 bits per heavy atom. The van der Waals surface area contributed by atoms with Crippen LogP contribution in [0.3, 0.4) is 0 Å². The first-order valence-electron chi connectivity index (χ1n) is 14.0. The van der Waals surface area contributed by atoms with E-state index in [2.05, 4.69) is 57.4 Å². The van der Waals surface area contributed by atoms with Gasteiger partial charge < -0.3 is 10.2 Å². The van der Waals surface area contributed by atoms with Crippen molar-refractivity contribution < 1.29 is 13.2 Å². The summed E-state index contributed by atoms with van der Waals surface area (Å²) in [5, 5.41) is 3.06. The van der Waals surface area contributed by atoms with Crippen LogP contribution in [0.15, 0.2) is 71.6 Å². The van der Waals surface area contributed by atoms with Gasteiger partial charge in [-0.2, -0.15) is 0 Å². The summed E-state index contributed by atoms with van der Waals surface area (Å²) < 4.78 is 26.3. The van der Waals surface area contributed by atoms with Crippen LogP contribution in [0.1, 0.15) is 49.7 Å². The minimum absolute atomic E-state index is 0.0123. The summed E-state index contributed by atoms with van der Waals surface area (Å²) in [4.78, 5) is 18.0. The van der Waals surface area contributed by atoms with Gasteiger partial charge in [-0.25, -0.2) is 17.9 Å². The molecule has 1 spiro atoms. The van der Waals surface area contributed by atoms with E-state index in [1.165, 1.54) is 55.1 Å². The van der Waals surface area contributed by atoms with E-state index in [0.717, 1.165) is 37.2 Å². The van der Waals surface area contributed by atoms with Crippen molar-refractivity contribution in [1.29, 1.82) is 0 Å². The third kappa shape index (κ3) is 4.92. The second kappa shape index (κ2) is 10.3. The smallest absolute Gasteiger partial charge is 0.322 e. The van der Waals surface area contributed by atoms with Gasteiger partial charge >= 0.3 is 6.03 Å². The number of anilines is 2. The van der Waals surface area contributed by atoms with Crippen molar-refractivity contribution in [2.75, 3.05) is 36.5 Å². The second-order valence-corrected chi connectivity index (χ2v) is 12.9. The topological polar surface area (TPSA) is 81.8 Å². The average molecular weight is 545 g/mol. The molecule has 2 N–H and O–H groups in total. The Balaban J connectivity index is 1.23. The van der Waals surface area contributed by atoms with Gasteiger partial charge in [0.15, 0.2) is 0 Å². The number of rotatable bonds is 6. The minimum atomic E-state index is -3.48. The van der Waals surface area contributed by atoms with Crippen molar-refractivity contribution in [3.05, 3.63) is 77.9 Å². The zero-order valence-electron chi connectivity index (χ0n) is 22.4. The van der Waals surface area contributed by atoms with Crippen LogP contribution in [0.5, 0.6) is 0 Å². The summed E-state index contributed by atoms with van der Waals surface area (Å²) in [6.45, 7) is 3.28. The molecule has 0 atom stereocenters. The highest BCUT2D eigenvalue weighted by molar-refractivity contribution is 7.89. The van der Waals surface area contributed by atoms with Gasteiger partial charge in [0.2, 0.25) is 10.0 Å². The molecule has 7 nitrogen and oxygen atoms in total. The fourth-order valence-electron chi connectivity index (χ4n) is 6.54. The number of sulfonamides is 1. The lowest BCUT2D eigenvalue weighted by molar-refractivity contribution is 0.245. The van der Waals surface area contributed by atoms with Crippen LogP contribution in [0, 0.1) is 0 Å². The molecule has 0 aromatic heterocycles. The molecule has 2 amide bonds. The molecule has 0 radical (unpaired) electrons. The Labute approximate surface area is 231 Å². The van der Waals surface area contributed by atoms with Crippen LogP contribution >= 0.6 is 0 Å². The first-order chi connectivity index (χ1) is 18.9. The van der Waals surface area contributed by atoms with Gasteiger partial charge in [0.25, 0.3) is 0 Å². The van der Waals surface area contributed by atoms with E-state index in [1.807, 2.05) is 4.90 Å². The number of hydrogen-bond acceptors (Lipinski definition) is 4. The molecule has 8 heteroatoms. The molecule has 0 unspecified atom stereocenters. The number of hydrogen-bond donors (Lipinski definition) is 2. The first-order valence-corrected chi connectivity index (χ1v) is 15.4. The summed E-state index contributed by atoms with van der Waals surface area (Å²) in [5.74, 6) is 0. The predicted molar refractivity (Wildman–Crippen MR) is 156 cm³/mol. The van der Waals surface area contributed by atoms with Crippen LogP contribution < -0.4 is 19.8 Å². The summed E-state index contributed by atoms with van der Waals surface area (Å²) in [6, 6.07) is 22.0. The number of nitrogens with zero attached hydrogens (tertiary/aromatic N) is 2. The van der Waals surface area contributed by atoms with Crippen LogP contribution in [0.4, 0.5) is 16.2 Å². The Kier molecular flexibility index (Phi) is 6.85. The number of nitrogens with one attached hydrogen (secondary N) is 2. The summed E-state index contributed by atoms with van der Waals surface area (Å²) in [5.41, 5.74) is 6.88. The fraction of sp³-hybridized carbons (Fsp3) is 0.387. The van der Waals surface area contributed by atoms with E-state index in [1.54, 1.807) is 24.3 Å². The van der Waals surface area contributed by atoms with Crippen LogP contribution in [-0.2, 0) is 22.0 Å². The molecular formula is C31H36N4O3S. The van der Waals surface area contributed by atoms with Crippen molar-refractivity contribution in [1.82, 2.24) is 10.0 Å². The molecule has 6 rings (SSSR count). The van der Waals surface area contributed by atoms with E-state index in [-0.39, 0.29) is 16.3 Å². The molecule has 1 saturated heterocycles. The van der Waals surface area contributed by atoms with Gasteiger partial charge in [-0.15, -0.1) is 0 Å². The number of benzene rings is 3. The minimum Gasteiger partial charge on any atom is -0.372 e. The number of fused-ring (bicyclic) bond motifs is 2. The molecule has 2 aliphatic heterocycles. The normalized spacial score (nSPS) is 18.1.